The summed E-state index contributed by atoms with van der Waals surface area (Å²) in [6.45, 7) is 3.81. The summed E-state index contributed by atoms with van der Waals surface area (Å²) < 4.78 is 10.7. The van der Waals surface area contributed by atoms with Gasteiger partial charge in [-0.1, -0.05) is 19.1 Å². The van der Waals surface area contributed by atoms with Gasteiger partial charge in [0.1, 0.15) is 18.4 Å². The normalized spacial score (nSPS) is 11.8. The number of nitriles is 1. The highest BCUT2D eigenvalue weighted by atomic mass is 16.5. The standard InChI is InChI=1S/C14H20N2O2/c1-3-7-16-13(9-15)11-18-14-6-4-5-12(8-14)10-17-2/h4-6,8,13,16H,3,7,10-11H2,1-2H3. The van der Waals surface area contributed by atoms with Crippen LogP contribution in [0.15, 0.2) is 24.3 Å². The van der Waals surface area contributed by atoms with Gasteiger partial charge in [-0.2, -0.15) is 5.26 Å². The Labute approximate surface area is 109 Å². The Kier molecular flexibility index (Phi) is 6.85. The SMILES string of the molecule is CCCNC(C#N)COc1cccc(COC)c1. The van der Waals surface area contributed by atoms with E-state index in [2.05, 4.69) is 18.3 Å². The van der Waals surface area contributed by atoms with Gasteiger partial charge in [-0.25, -0.2) is 0 Å². The first kappa shape index (κ1) is 14.5. The van der Waals surface area contributed by atoms with E-state index in [0.29, 0.717) is 13.2 Å². The van der Waals surface area contributed by atoms with Crippen LogP contribution in [0.4, 0.5) is 0 Å². The first-order chi connectivity index (χ1) is 8.80. The Morgan fingerprint density at radius 1 is 1.44 bits per heavy atom. The van der Waals surface area contributed by atoms with Crippen molar-refractivity contribution in [2.45, 2.75) is 26.0 Å². The van der Waals surface area contributed by atoms with Gasteiger partial charge in [0.05, 0.1) is 12.7 Å². The van der Waals surface area contributed by atoms with E-state index in [9.17, 15) is 0 Å². The van der Waals surface area contributed by atoms with E-state index in [1.165, 1.54) is 0 Å². The molecule has 0 aliphatic carbocycles. The molecule has 0 aromatic heterocycles. The fourth-order valence-corrected chi connectivity index (χ4v) is 1.53. The molecule has 0 aliphatic heterocycles. The van der Waals surface area contributed by atoms with Crippen LogP contribution < -0.4 is 10.1 Å². The highest BCUT2D eigenvalue weighted by molar-refractivity contribution is 5.28. The second kappa shape index (κ2) is 8.51. The van der Waals surface area contributed by atoms with E-state index in [1.807, 2.05) is 24.3 Å². The molecule has 4 nitrogen and oxygen atoms in total. The van der Waals surface area contributed by atoms with E-state index in [1.54, 1.807) is 7.11 Å². The summed E-state index contributed by atoms with van der Waals surface area (Å²) in [5.41, 5.74) is 1.06. The second-order valence-corrected chi connectivity index (χ2v) is 4.03. The van der Waals surface area contributed by atoms with Crippen LogP contribution in [0.5, 0.6) is 5.75 Å². The molecule has 0 saturated carbocycles. The monoisotopic (exact) mass is 248 g/mol. The molecule has 0 spiro atoms. The van der Waals surface area contributed by atoms with Crippen LogP contribution in [0.1, 0.15) is 18.9 Å². The molecule has 1 atom stereocenters. The molecule has 1 aromatic rings. The molecule has 0 amide bonds. The van der Waals surface area contributed by atoms with Crippen molar-refractivity contribution >= 4 is 0 Å². The van der Waals surface area contributed by atoms with Gasteiger partial charge in [-0.15, -0.1) is 0 Å². The molecule has 0 saturated heterocycles. The zero-order valence-corrected chi connectivity index (χ0v) is 11.0. The Hall–Kier alpha value is -1.57. The Bertz CT molecular complexity index is 388. The van der Waals surface area contributed by atoms with Gasteiger partial charge in [0.2, 0.25) is 0 Å². The first-order valence-electron chi connectivity index (χ1n) is 6.13. The molecule has 0 heterocycles. The number of nitrogens with zero attached hydrogens (tertiary/aromatic N) is 1. The lowest BCUT2D eigenvalue weighted by Gasteiger charge is -2.12. The molecule has 1 rings (SSSR count). The molecule has 18 heavy (non-hydrogen) atoms. The third-order valence-corrected chi connectivity index (χ3v) is 2.42. The summed E-state index contributed by atoms with van der Waals surface area (Å²) in [4.78, 5) is 0. The summed E-state index contributed by atoms with van der Waals surface area (Å²) in [5, 5.41) is 12.1. The largest absolute Gasteiger partial charge is 0.491 e. The fourth-order valence-electron chi connectivity index (χ4n) is 1.53. The molecule has 4 heteroatoms. The van der Waals surface area contributed by atoms with Gasteiger partial charge in [0.25, 0.3) is 0 Å². The van der Waals surface area contributed by atoms with Gasteiger partial charge in [0, 0.05) is 7.11 Å². The van der Waals surface area contributed by atoms with Crippen LogP contribution in [0.3, 0.4) is 0 Å². The van der Waals surface area contributed by atoms with Crippen molar-refractivity contribution < 1.29 is 9.47 Å². The maximum Gasteiger partial charge on any atom is 0.130 e. The summed E-state index contributed by atoms with van der Waals surface area (Å²) in [7, 11) is 1.66. The number of ether oxygens (including phenoxy) is 2. The van der Waals surface area contributed by atoms with Crippen molar-refractivity contribution in [2.24, 2.45) is 0 Å². The summed E-state index contributed by atoms with van der Waals surface area (Å²) >= 11 is 0. The van der Waals surface area contributed by atoms with E-state index in [4.69, 9.17) is 14.7 Å². The topological polar surface area (TPSA) is 54.3 Å². The molecule has 0 bridgehead atoms. The minimum atomic E-state index is -0.268. The van der Waals surface area contributed by atoms with Crippen molar-refractivity contribution in [2.75, 3.05) is 20.3 Å². The maximum atomic E-state index is 8.96. The molecular weight excluding hydrogens is 228 g/mol. The van der Waals surface area contributed by atoms with Crippen molar-refractivity contribution in [1.29, 1.82) is 5.26 Å². The Balaban J connectivity index is 2.46. The lowest BCUT2D eigenvalue weighted by molar-refractivity contribution is 0.184. The van der Waals surface area contributed by atoms with E-state index in [0.717, 1.165) is 24.3 Å². The van der Waals surface area contributed by atoms with Crippen molar-refractivity contribution in [3.8, 4) is 11.8 Å². The van der Waals surface area contributed by atoms with Crippen LogP contribution in [0, 0.1) is 11.3 Å². The van der Waals surface area contributed by atoms with Gasteiger partial charge < -0.3 is 9.47 Å². The van der Waals surface area contributed by atoms with Crippen LogP contribution in [-0.2, 0) is 11.3 Å². The van der Waals surface area contributed by atoms with Gasteiger partial charge in [0.15, 0.2) is 0 Å². The molecule has 1 unspecified atom stereocenters. The van der Waals surface area contributed by atoms with E-state index < -0.39 is 0 Å². The van der Waals surface area contributed by atoms with Crippen LogP contribution >= 0.6 is 0 Å². The number of nitrogens with one attached hydrogen (secondary N) is 1. The number of hydrogen-bond donors (Lipinski definition) is 1. The highest BCUT2D eigenvalue weighted by Crippen LogP contribution is 2.14. The number of methoxy groups -OCH3 is 1. The predicted molar refractivity (Wildman–Crippen MR) is 70.3 cm³/mol. The molecule has 0 aliphatic rings. The van der Waals surface area contributed by atoms with Crippen LogP contribution in [-0.4, -0.2) is 26.3 Å². The average molecular weight is 248 g/mol. The van der Waals surface area contributed by atoms with Gasteiger partial charge in [-0.05, 0) is 30.7 Å². The number of hydrogen-bond acceptors (Lipinski definition) is 4. The third kappa shape index (κ3) is 5.17. The number of rotatable bonds is 8. The zero-order valence-electron chi connectivity index (χ0n) is 11.0. The quantitative estimate of drug-likeness (QED) is 0.765. The molecule has 1 aromatic carbocycles. The lowest BCUT2D eigenvalue weighted by Crippen LogP contribution is -2.33. The molecule has 1 N–H and O–H groups in total. The van der Waals surface area contributed by atoms with Crippen molar-refractivity contribution in [3.63, 3.8) is 0 Å². The van der Waals surface area contributed by atoms with E-state index in [-0.39, 0.29) is 6.04 Å². The minimum Gasteiger partial charge on any atom is -0.491 e. The van der Waals surface area contributed by atoms with Crippen molar-refractivity contribution in [3.05, 3.63) is 29.8 Å². The third-order valence-electron chi connectivity index (χ3n) is 2.42. The van der Waals surface area contributed by atoms with Crippen LogP contribution in [0.25, 0.3) is 0 Å². The molecular formula is C14H20N2O2. The van der Waals surface area contributed by atoms with Crippen LogP contribution in [0.2, 0.25) is 0 Å². The maximum absolute atomic E-state index is 8.96. The zero-order chi connectivity index (χ0) is 13.2. The molecule has 0 fully saturated rings. The first-order valence-corrected chi connectivity index (χ1v) is 6.13. The smallest absolute Gasteiger partial charge is 0.130 e. The average Bonchev–Trinajstić information content (AvgIpc) is 2.40. The lowest BCUT2D eigenvalue weighted by atomic mass is 10.2. The second-order valence-electron chi connectivity index (χ2n) is 4.03. The number of benzene rings is 1. The highest BCUT2D eigenvalue weighted by Gasteiger charge is 2.06. The van der Waals surface area contributed by atoms with E-state index >= 15 is 0 Å². The summed E-state index contributed by atoms with van der Waals surface area (Å²) in [6, 6.07) is 9.63. The fraction of sp³-hybridized carbons (Fsp3) is 0.500. The molecule has 0 radical (unpaired) electrons. The van der Waals surface area contributed by atoms with Gasteiger partial charge >= 0.3 is 0 Å². The predicted octanol–water partition coefficient (Wildman–Crippen LogP) is 2.10. The Morgan fingerprint density at radius 2 is 2.28 bits per heavy atom. The summed E-state index contributed by atoms with van der Waals surface area (Å²) in [6.07, 6.45) is 1.00. The minimum absolute atomic E-state index is 0.268. The van der Waals surface area contributed by atoms with Crippen molar-refractivity contribution in [1.82, 2.24) is 5.32 Å². The molecule has 98 valence electrons. The Morgan fingerprint density at radius 3 is 2.94 bits per heavy atom. The van der Waals surface area contributed by atoms with Gasteiger partial charge in [-0.3, -0.25) is 5.32 Å². The summed E-state index contributed by atoms with van der Waals surface area (Å²) in [5.74, 6) is 0.767.